The molecule has 12 rings (SSSR count). The molecule has 0 saturated carbocycles. The zero-order valence-corrected chi connectivity index (χ0v) is 65.5. The number of nitrogens with zero attached hydrogens (tertiary/aromatic N) is 4. The first-order valence-electron chi connectivity index (χ1n) is 38.5. The number of alkyl halides is 12. The normalized spacial score (nSPS) is 19.5. The Kier molecular flexibility index (Phi) is 34.5. The van der Waals surface area contributed by atoms with Gasteiger partial charge in [-0.2, -0.15) is 52.7 Å². The molecule has 0 amide bonds. The number of halogens is 16. The van der Waals surface area contributed by atoms with Crippen LogP contribution in [0.15, 0.2) is 194 Å². The maximum Gasteiger partial charge on any atom is 0.416 e. The van der Waals surface area contributed by atoms with Crippen LogP contribution in [0.4, 0.5) is 52.7 Å². The van der Waals surface area contributed by atoms with Gasteiger partial charge >= 0.3 is 24.7 Å². The van der Waals surface area contributed by atoms with Gasteiger partial charge in [-0.05, 0) is 294 Å². The molecule has 4 fully saturated rings. The molecule has 112 heavy (non-hydrogen) atoms. The molecule has 0 unspecified atom stereocenters. The Balaban J connectivity index is 0.000000171. The monoisotopic (exact) mass is 1640 g/mol. The average Bonchev–Trinajstić information content (AvgIpc) is 0.858. The van der Waals surface area contributed by atoms with Crippen molar-refractivity contribution in [1.29, 1.82) is 0 Å². The summed E-state index contributed by atoms with van der Waals surface area (Å²) in [4.78, 5) is 9.11. The van der Waals surface area contributed by atoms with Gasteiger partial charge in [0.15, 0.2) is 0 Å². The van der Waals surface area contributed by atoms with E-state index < -0.39 is 71.4 Å². The molecule has 0 spiro atoms. The van der Waals surface area contributed by atoms with Crippen molar-refractivity contribution in [3.8, 4) is 0 Å². The molecule has 24 heteroatoms. The fourth-order valence-corrected chi connectivity index (χ4v) is 15.8. The first-order valence-corrected chi connectivity index (χ1v) is 40.0. The van der Waals surface area contributed by atoms with Crippen molar-refractivity contribution in [1.82, 2.24) is 19.6 Å². The van der Waals surface area contributed by atoms with Crippen LogP contribution in [-0.4, -0.2) is 119 Å². The number of benzene rings is 8. The van der Waals surface area contributed by atoms with E-state index in [2.05, 4.69) is 19.6 Å². The van der Waals surface area contributed by atoms with Crippen LogP contribution >= 0.6 is 46.4 Å². The largest absolute Gasteiger partial charge is 0.416 e. The third-order valence-electron chi connectivity index (χ3n) is 21.6. The lowest BCUT2D eigenvalue weighted by Gasteiger charge is -2.34. The van der Waals surface area contributed by atoms with Gasteiger partial charge in [0.2, 0.25) is 0 Å². The summed E-state index contributed by atoms with van der Waals surface area (Å²) in [7, 11) is 0. The van der Waals surface area contributed by atoms with Crippen LogP contribution in [0.5, 0.6) is 0 Å². The van der Waals surface area contributed by atoms with E-state index in [9.17, 15) is 73.1 Å². The van der Waals surface area contributed by atoms with E-state index in [0.29, 0.717) is 69.9 Å². The van der Waals surface area contributed by atoms with Crippen molar-refractivity contribution in [3.05, 3.63) is 281 Å². The highest BCUT2D eigenvalue weighted by molar-refractivity contribution is 6.31. The Bertz CT molecular complexity index is 3510. The molecule has 8 nitrogen and oxygen atoms in total. The number of rotatable bonds is 24. The van der Waals surface area contributed by atoms with Crippen LogP contribution in [0.2, 0.25) is 20.1 Å². The van der Waals surface area contributed by atoms with Gasteiger partial charge in [-0.3, -0.25) is 0 Å². The molecule has 4 aliphatic heterocycles. The smallest absolute Gasteiger partial charge is 0.387 e. The molecule has 8 aromatic carbocycles. The molecule has 608 valence electrons. The second-order valence-electron chi connectivity index (χ2n) is 30.3. The molecular formula is C88H100Cl4F12N4O4. The number of aliphatic hydroxyl groups is 4. The summed E-state index contributed by atoms with van der Waals surface area (Å²) < 4.78 is 152. The number of aliphatic hydroxyl groups excluding tert-OH is 4. The van der Waals surface area contributed by atoms with Gasteiger partial charge in [0.25, 0.3) is 0 Å². The van der Waals surface area contributed by atoms with E-state index in [-0.39, 0.29) is 0 Å². The summed E-state index contributed by atoms with van der Waals surface area (Å²) in [5.41, 5.74) is 4.77. The predicted molar refractivity (Wildman–Crippen MR) is 421 cm³/mol. The predicted octanol–water partition coefficient (Wildman–Crippen LogP) is 22.9. The van der Waals surface area contributed by atoms with Gasteiger partial charge in [0.1, 0.15) is 0 Å². The number of piperidine rings is 4. The molecule has 8 aromatic rings. The molecule has 0 aromatic heterocycles. The van der Waals surface area contributed by atoms with Crippen LogP contribution in [-0.2, 0) is 50.4 Å². The van der Waals surface area contributed by atoms with E-state index in [1.165, 1.54) is 0 Å². The van der Waals surface area contributed by atoms with Gasteiger partial charge in [-0.15, -0.1) is 0 Å². The minimum atomic E-state index is -4.28. The molecule has 4 saturated heterocycles. The topological polar surface area (TPSA) is 93.9 Å². The maximum absolute atomic E-state index is 12.7. The lowest BCUT2D eigenvalue weighted by Crippen LogP contribution is -2.38. The van der Waals surface area contributed by atoms with E-state index in [1.54, 1.807) is 97.1 Å². The lowest BCUT2D eigenvalue weighted by molar-refractivity contribution is -0.138. The van der Waals surface area contributed by atoms with Crippen molar-refractivity contribution >= 4 is 46.4 Å². The highest BCUT2D eigenvalue weighted by atomic mass is 35.5. The Labute approximate surface area is 670 Å². The zero-order chi connectivity index (χ0) is 80.6. The van der Waals surface area contributed by atoms with Crippen molar-refractivity contribution in [2.24, 2.45) is 23.7 Å². The number of hydrogen-bond donors (Lipinski definition) is 4. The van der Waals surface area contributed by atoms with Crippen molar-refractivity contribution in [2.45, 2.75) is 152 Å². The summed E-state index contributed by atoms with van der Waals surface area (Å²) >= 11 is 23.6. The summed E-state index contributed by atoms with van der Waals surface area (Å²) in [5.74, 6) is 1.98. The standard InChI is InChI=1S/4C22H25ClF3NO/c4*23-20-11-7-18(8-12-20)21(28)15-27-13-1-2-17(14-27)4-3-16-5-9-19(10-6-16)22(24,25)26/h4*5-12,17,21,28H,1-4,13-15H2/t2*17-,21+;2*17-,21-/m1010/s1. The van der Waals surface area contributed by atoms with Crippen LogP contribution in [0.1, 0.15) is 168 Å². The molecule has 0 bridgehead atoms. The quantitative estimate of drug-likeness (QED) is 0.0445. The third kappa shape index (κ3) is 30.4. The molecular weight excluding hydrogens is 1550 g/mol. The summed E-state index contributed by atoms with van der Waals surface area (Å²) in [5, 5.41) is 44.5. The van der Waals surface area contributed by atoms with E-state index in [0.717, 1.165) is 248 Å². The van der Waals surface area contributed by atoms with Crippen molar-refractivity contribution in [3.63, 3.8) is 0 Å². The maximum atomic E-state index is 12.7. The first-order chi connectivity index (χ1) is 53.2. The fourth-order valence-electron chi connectivity index (χ4n) is 15.3. The zero-order valence-electron chi connectivity index (χ0n) is 62.5. The van der Waals surface area contributed by atoms with Crippen LogP contribution in [0.25, 0.3) is 0 Å². The molecule has 4 aliphatic rings. The number of hydrogen-bond acceptors (Lipinski definition) is 8. The van der Waals surface area contributed by atoms with Crippen LogP contribution < -0.4 is 0 Å². The summed E-state index contributed by atoms with van der Waals surface area (Å²) in [6.07, 6.45) is -3.69. The Morgan fingerprint density at radius 3 is 0.598 bits per heavy atom. The number of β-amino-alcohol motifs (C(OH)–C–C–N with tert-alkyl or cyclic N) is 4. The Morgan fingerprint density at radius 1 is 0.268 bits per heavy atom. The highest BCUT2D eigenvalue weighted by Crippen LogP contribution is 2.36. The first kappa shape index (κ1) is 89.7. The molecule has 0 radical (unpaired) electrons. The third-order valence-corrected chi connectivity index (χ3v) is 22.7. The summed E-state index contributed by atoms with van der Waals surface area (Å²) in [6, 6.07) is 50.9. The number of aryl methyl sites for hydroxylation is 4. The van der Waals surface area contributed by atoms with E-state index in [4.69, 9.17) is 46.4 Å². The second kappa shape index (κ2) is 43.1. The van der Waals surface area contributed by atoms with Gasteiger partial charge in [-0.25, -0.2) is 0 Å². The SMILES string of the molecule is O[C@@H](CN1CCC[C@@H](CCc2ccc(C(F)(F)F)cc2)C1)c1ccc(Cl)cc1.O[C@@H](CN1CCC[C@H](CCc2ccc(C(F)(F)F)cc2)C1)c1ccc(Cl)cc1.O[C@H](CN1CCC[C@@H](CCc2ccc(C(F)(F)F)cc2)C1)c1ccc(Cl)cc1.O[C@H](CN1CCC[C@H](CCc2ccc(C(F)(F)F)cc2)C1)c1ccc(Cl)cc1. The highest BCUT2D eigenvalue weighted by Gasteiger charge is 2.34. The fraction of sp³-hybridized carbons (Fsp3) is 0.455. The van der Waals surface area contributed by atoms with E-state index in [1.807, 2.05) is 48.5 Å². The van der Waals surface area contributed by atoms with Gasteiger partial charge < -0.3 is 40.0 Å². The summed E-state index contributed by atoms with van der Waals surface area (Å²) in [6.45, 7) is 9.80. The van der Waals surface area contributed by atoms with Crippen molar-refractivity contribution in [2.75, 3.05) is 78.5 Å². The van der Waals surface area contributed by atoms with Gasteiger partial charge in [0, 0.05) is 72.4 Å². The van der Waals surface area contributed by atoms with E-state index >= 15 is 0 Å². The van der Waals surface area contributed by atoms with Crippen LogP contribution in [0.3, 0.4) is 0 Å². The van der Waals surface area contributed by atoms with Gasteiger partial charge in [-0.1, -0.05) is 143 Å². The molecule has 8 atom stereocenters. The Morgan fingerprint density at radius 2 is 0.438 bits per heavy atom. The molecule has 0 aliphatic carbocycles. The minimum Gasteiger partial charge on any atom is -0.387 e. The molecule has 4 heterocycles. The van der Waals surface area contributed by atoms with Crippen molar-refractivity contribution < 1.29 is 73.1 Å². The van der Waals surface area contributed by atoms with Crippen LogP contribution in [0, 0.1) is 23.7 Å². The average molecular weight is 1650 g/mol. The lowest BCUT2D eigenvalue weighted by atomic mass is 9.91. The second-order valence-corrected chi connectivity index (χ2v) is 32.0. The van der Waals surface area contributed by atoms with Gasteiger partial charge in [0.05, 0.1) is 46.7 Å². The Hall–Kier alpha value is -6.24. The minimum absolute atomic E-state index is 0.494. The number of likely N-dealkylation sites (tertiary alicyclic amines) is 4. The molecule has 4 N–H and O–H groups in total.